The summed E-state index contributed by atoms with van der Waals surface area (Å²) in [5, 5.41) is 7.65. The highest BCUT2D eigenvalue weighted by molar-refractivity contribution is 5.94. The minimum Gasteiger partial charge on any atom is -0.469 e. The van der Waals surface area contributed by atoms with E-state index >= 15 is 0 Å². The molecule has 0 aromatic heterocycles. The Morgan fingerprint density at radius 2 is 1.50 bits per heavy atom. The highest BCUT2D eigenvalue weighted by Crippen LogP contribution is 2.10. The molecule has 11 nitrogen and oxygen atoms in total. The lowest BCUT2D eigenvalue weighted by atomic mass is 10.0. The number of nitrogens with one attached hydrogen (secondary N) is 3. The molecule has 1 rings (SSSR count). The number of ether oxygens (including phenoxy) is 2. The summed E-state index contributed by atoms with van der Waals surface area (Å²) in [6.45, 7) is 8.50. The summed E-state index contributed by atoms with van der Waals surface area (Å²) in [4.78, 5) is 62.1. The van der Waals surface area contributed by atoms with Gasteiger partial charge in [0.25, 0.3) is 0 Å². The average Bonchev–Trinajstić information content (AvgIpc) is 2.78. The zero-order valence-corrected chi connectivity index (χ0v) is 21.8. The molecule has 3 atom stereocenters. The molecular weight excluding hydrogens is 468 g/mol. The van der Waals surface area contributed by atoms with E-state index in [0.29, 0.717) is 0 Å². The Morgan fingerprint density at radius 3 is 2.00 bits per heavy atom. The van der Waals surface area contributed by atoms with Crippen LogP contribution in [0.2, 0.25) is 0 Å². The Hall–Kier alpha value is -3.63. The molecule has 200 valence electrons. The van der Waals surface area contributed by atoms with Crippen molar-refractivity contribution in [2.75, 3.05) is 7.11 Å². The number of nitrogens with two attached hydrogens (primary N) is 1. The summed E-state index contributed by atoms with van der Waals surface area (Å²) < 4.78 is 9.87. The molecular formula is C25H38N4O7. The van der Waals surface area contributed by atoms with E-state index in [4.69, 9.17) is 10.5 Å². The lowest BCUT2D eigenvalue weighted by Crippen LogP contribution is -2.58. The largest absolute Gasteiger partial charge is 0.469 e. The molecule has 1 aromatic carbocycles. The summed E-state index contributed by atoms with van der Waals surface area (Å²) in [5.41, 5.74) is 5.50. The van der Waals surface area contributed by atoms with Crippen LogP contribution in [0.3, 0.4) is 0 Å². The molecule has 0 radical (unpaired) electrons. The lowest BCUT2D eigenvalue weighted by molar-refractivity contribution is -0.141. The van der Waals surface area contributed by atoms with Crippen molar-refractivity contribution in [3.8, 4) is 0 Å². The Labute approximate surface area is 211 Å². The quantitative estimate of drug-likeness (QED) is 0.309. The molecule has 11 heteroatoms. The van der Waals surface area contributed by atoms with E-state index in [9.17, 15) is 24.0 Å². The number of amides is 4. The number of carbonyl (C=O) groups excluding carboxylic acids is 5. The van der Waals surface area contributed by atoms with Gasteiger partial charge in [-0.2, -0.15) is 0 Å². The zero-order valence-electron chi connectivity index (χ0n) is 21.8. The van der Waals surface area contributed by atoms with Gasteiger partial charge in [0, 0.05) is 12.8 Å². The molecule has 0 fully saturated rings. The van der Waals surface area contributed by atoms with Crippen LogP contribution in [-0.4, -0.2) is 60.6 Å². The van der Waals surface area contributed by atoms with Crippen molar-refractivity contribution >= 4 is 29.8 Å². The number of rotatable bonds is 12. The fraction of sp³-hybridized carbons (Fsp3) is 0.560. The van der Waals surface area contributed by atoms with Crippen molar-refractivity contribution in [1.82, 2.24) is 16.0 Å². The van der Waals surface area contributed by atoms with Crippen molar-refractivity contribution in [2.24, 2.45) is 11.7 Å². The molecule has 5 N–H and O–H groups in total. The van der Waals surface area contributed by atoms with E-state index in [2.05, 4.69) is 20.7 Å². The van der Waals surface area contributed by atoms with Gasteiger partial charge >= 0.3 is 12.1 Å². The first kappa shape index (κ1) is 30.4. The number of primary amides is 1. The third-order valence-corrected chi connectivity index (χ3v) is 5.06. The molecule has 0 aliphatic heterocycles. The number of hydrogen-bond acceptors (Lipinski definition) is 7. The van der Waals surface area contributed by atoms with Gasteiger partial charge in [-0.3, -0.25) is 19.2 Å². The summed E-state index contributed by atoms with van der Waals surface area (Å²) in [6, 6.07) is 5.70. The standard InChI is InChI=1S/C25H38N4O7/c1-15(2)20(29-24(34)36-25(3,4)5)23(33)27-17(12-13-19(30)35-6)22(32)28-18(21(26)31)14-16-10-8-7-9-11-16/h7-11,15,17-18,20H,12-14H2,1-6H3,(H2,26,31)(H,27,33)(H,28,32)(H,29,34)/t17-,18-,20-/m0/s1. The Balaban J connectivity index is 3.03. The predicted octanol–water partition coefficient (Wildman–Crippen LogP) is 1.19. The molecule has 0 unspecified atom stereocenters. The number of methoxy groups -OCH3 is 1. The Kier molecular flexibility index (Phi) is 11.9. The zero-order chi connectivity index (χ0) is 27.5. The Morgan fingerprint density at radius 1 is 0.917 bits per heavy atom. The summed E-state index contributed by atoms with van der Waals surface area (Å²) >= 11 is 0. The van der Waals surface area contributed by atoms with Crippen LogP contribution >= 0.6 is 0 Å². The summed E-state index contributed by atoms with van der Waals surface area (Å²) in [5.74, 6) is -3.04. The van der Waals surface area contributed by atoms with Crippen LogP contribution < -0.4 is 21.7 Å². The van der Waals surface area contributed by atoms with E-state index in [0.717, 1.165) is 5.56 Å². The van der Waals surface area contributed by atoms with E-state index in [-0.39, 0.29) is 25.2 Å². The second-order valence-electron chi connectivity index (χ2n) is 9.70. The molecule has 0 saturated carbocycles. The van der Waals surface area contributed by atoms with E-state index in [1.807, 2.05) is 6.07 Å². The average molecular weight is 507 g/mol. The van der Waals surface area contributed by atoms with Gasteiger partial charge in [0.1, 0.15) is 23.7 Å². The van der Waals surface area contributed by atoms with Gasteiger partial charge in [-0.15, -0.1) is 0 Å². The maximum Gasteiger partial charge on any atom is 0.408 e. The molecule has 0 aliphatic rings. The van der Waals surface area contributed by atoms with Gasteiger partial charge in [-0.25, -0.2) is 4.79 Å². The van der Waals surface area contributed by atoms with Crippen LogP contribution in [0.1, 0.15) is 53.0 Å². The summed E-state index contributed by atoms with van der Waals surface area (Å²) in [7, 11) is 1.21. The van der Waals surface area contributed by atoms with Crippen molar-refractivity contribution in [1.29, 1.82) is 0 Å². The Bertz CT molecular complexity index is 913. The van der Waals surface area contributed by atoms with Gasteiger partial charge < -0.3 is 31.2 Å². The topological polar surface area (TPSA) is 166 Å². The van der Waals surface area contributed by atoms with Gasteiger partial charge in [0.15, 0.2) is 0 Å². The smallest absolute Gasteiger partial charge is 0.408 e. The fourth-order valence-corrected chi connectivity index (χ4v) is 3.21. The normalized spacial score (nSPS) is 13.6. The van der Waals surface area contributed by atoms with E-state index in [1.165, 1.54) is 7.11 Å². The molecule has 0 heterocycles. The first-order valence-electron chi connectivity index (χ1n) is 11.7. The first-order valence-corrected chi connectivity index (χ1v) is 11.7. The summed E-state index contributed by atoms with van der Waals surface area (Å²) in [6.07, 6.45) is -0.906. The minimum absolute atomic E-state index is 0.0989. The third kappa shape index (κ3) is 11.2. The number of carbonyl (C=O) groups is 5. The minimum atomic E-state index is -1.20. The monoisotopic (exact) mass is 506 g/mol. The van der Waals surface area contributed by atoms with Crippen LogP contribution in [0.5, 0.6) is 0 Å². The molecule has 0 bridgehead atoms. The number of esters is 1. The molecule has 0 aliphatic carbocycles. The van der Waals surface area contributed by atoms with Crippen molar-refractivity contribution in [3.63, 3.8) is 0 Å². The molecule has 4 amide bonds. The van der Waals surface area contributed by atoms with Crippen LogP contribution in [0.25, 0.3) is 0 Å². The van der Waals surface area contributed by atoms with Gasteiger partial charge in [0.2, 0.25) is 17.7 Å². The number of alkyl carbamates (subject to hydrolysis) is 1. The van der Waals surface area contributed by atoms with Gasteiger partial charge in [0.05, 0.1) is 7.11 Å². The number of hydrogen-bond donors (Lipinski definition) is 4. The first-order chi connectivity index (χ1) is 16.7. The maximum atomic E-state index is 13.1. The second-order valence-corrected chi connectivity index (χ2v) is 9.70. The lowest BCUT2D eigenvalue weighted by Gasteiger charge is -2.27. The van der Waals surface area contributed by atoms with E-state index < -0.39 is 53.5 Å². The molecule has 36 heavy (non-hydrogen) atoms. The highest BCUT2D eigenvalue weighted by Gasteiger charge is 2.32. The van der Waals surface area contributed by atoms with Crippen molar-refractivity contribution in [2.45, 2.75) is 77.6 Å². The fourth-order valence-electron chi connectivity index (χ4n) is 3.21. The SMILES string of the molecule is COC(=O)CC[C@H](NC(=O)[C@@H](NC(=O)OC(C)(C)C)C(C)C)C(=O)N[C@@H](Cc1ccccc1)C(N)=O. The van der Waals surface area contributed by atoms with Crippen LogP contribution in [-0.2, 0) is 35.1 Å². The molecule has 0 spiro atoms. The van der Waals surface area contributed by atoms with Crippen LogP contribution in [0.15, 0.2) is 30.3 Å². The molecule has 1 aromatic rings. The van der Waals surface area contributed by atoms with Crippen LogP contribution in [0.4, 0.5) is 4.79 Å². The van der Waals surface area contributed by atoms with Gasteiger partial charge in [-0.1, -0.05) is 44.2 Å². The van der Waals surface area contributed by atoms with Crippen molar-refractivity contribution in [3.05, 3.63) is 35.9 Å². The second kappa shape index (κ2) is 14.1. The van der Waals surface area contributed by atoms with Crippen molar-refractivity contribution < 1.29 is 33.4 Å². The molecule has 0 saturated heterocycles. The third-order valence-electron chi connectivity index (χ3n) is 5.06. The van der Waals surface area contributed by atoms with Crippen LogP contribution in [0, 0.1) is 5.92 Å². The maximum absolute atomic E-state index is 13.1. The highest BCUT2D eigenvalue weighted by atomic mass is 16.6. The predicted molar refractivity (Wildman–Crippen MR) is 132 cm³/mol. The van der Waals surface area contributed by atoms with E-state index in [1.54, 1.807) is 58.9 Å². The number of benzene rings is 1. The van der Waals surface area contributed by atoms with Gasteiger partial charge in [-0.05, 0) is 38.7 Å².